The van der Waals surface area contributed by atoms with Gasteiger partial charge < -0.3 is 14.5 Å². The lowest BCUT2D eigenvalue weighted by atomic mass is 10.00. The molecule has 0 N–H and O–H groups in total. The number of hydrogen-bond donors (Lipinski definition) is 0. The molecule has 1 atom stereocenters. The summed E-state index contributed by atoms with van der Waals surface area (Å²) in [5, 5.41) is 0.525. The summed E-state index contributed by atoms with van der Waals surface area (Å²) in [7, 11) is 0. The predicted octanol–water partition coefficient (Wildman–Crippen LogP) is 3.12. The number of morpholine rings is 1. The third-order valence-electron chi connectivity index (χ3n) is 5.74. The van der Waals surface area contributed by atoms with Gasteiger partial charge in [0.2, 0.25) is 5.95 Å². The van der Waals surface area contributed by atoms with Gasteiger partial charge in [0.15, 0.2) is 5.54 Å². The molecule has 4 rings (SSSR count). The highest BCUT2D eigenvalue weighted by atomic mass is 35.5. The monoisotopic (exact) mass is 442 g/mol. The molecule has 30 heavy (non-hydrogen) atoms. The highest BCUT2D eigenvalue weighted by Crippen LogP contribution is 2.43. The first-order chi connectivity index (χ1) is 14.2. The lowest BCUT2D eigenvalue weighted by Crippen LogP contribution is -2.56. The molecule has 0 aliphatic carbocycles. The van der Waals surface area contributed by atoms with Gasteiger partial charge in [-0.1, -0.05) is 23.7 Å². The molecule has 0 bridgehead atoms. The van der Waals surface area contributed by atoms with Crippen LogP contribution < -0.4 is 15.4 Å². The van der Waals surface area contributed by atoms with Gasteiger partial charge in [0.1, 0.15) is 5.82 Å². The SMILES string of the molecule is CC1(C(F)(F)F)Cn2c(nc(N3CCOCC3)cc2=O)N1CCc1cccc(Cl)c1. The molecule has 0 radical (unpaired) electrons. The summed E-state index contributed by atoms with van der Waals surface area (Å²) in [5.74, 6) is 0.430. The van der Waals surface area contributed by atoms with Crippen LogP contribution in [0.1, 0.15) is 12.5 Å². The zero-order chi connectivity index (χ0) is 21.5. The number of aromatic nitrogens is 2. The van der Waals surface area contributed by atoms with Crippen molar-refractivity contribution in [1.29, 1.82) is 0 Å². The number of halogens is 4. The normalized spacial score (nSPS) is 21.8. The van der Waals surface area contributed by atoms with Crippen molar-refractivity contribution in [1.82, 2.24) is 9.55 Å². The first-order valence-electron chi connectivity index (χ1n) is 9.72. The van der Waals surface area contributed by atoms with Crippen LogP contribution in [0.15, 0.2) is 35.1 Å². The molecule has 6 nitrogen and oxygen atoms in total. The molecule has 1 fully saturated rings. The fourth-order valence-electron chi connectivity index (χ4n) is 3.93. The second-order valence-electron chi connectivity index (χ2n) is 7.74. The third-order valence-corrected chi connectivity index (χ3v) is 5.97. The van der Waals surface area contributed by atoms with Crippen LogP contribution in [0, 0.1) is 0 Å². The van der Waals surface area contributed by atoms with Crippen LogP contribution in [0.5, 0.6) is 0 Å². The predicted molar refractivity (Wildman–Crippen MR) is 108 cm³/mol. The maximum absolute atomic E-state index is 14.1. The van der Waals surface area contributed by atoms with Crippen molar-refractivity contribution in [2.45, 2.75) is 31.6 Å². The summed E-state index contributed by atoms with van der Waals surface area (Å²) in [6.45, 7) is 2.72. The van der Waals surface area contributed by atoms with Crippen molar-refractivity contribution in [3.8, 4) is 0 Å². The minimum absolute atomic E-state index is 0.0471. The third kappa shape index (κ3) is 3.76. The zero-order valence-corrected chi connectivity index (χ0v) is 17.2. The van der Waals surface area contributed by atoms with Gasteiger partial charge in [-0.15, -0.1) is 0 Å². The first kappa shape index (κ1) is 21.0. The van der Waals surface area contributed by atoms with Gasteiger partial charge in [0.25, 0.3) is 5.56 Å². The van der Waals surface area contributed by atoms with E-state index in [1.165, 1.54) is 11.0 Å². The Hall–Kier alpha value is -2.26. The Labute approximate surface area is 176 Å². The quantitative estimate of drug-likeness (QED) is 0.728. The molecule has 2 aliphatic heterocycles. The average molecular weight is 443 g/mol. The van der Waals surface area contributed by atoms with E-state index in [2.05, 4.69) is 4.98 Å². The van der Waals surface area contributed by atoms with E-state index >= 15 is 0 Å². The Balaban J connectivity index is 1.71. The summed E-state index contributed by atoms with van der Waals surface area (Å²) in [6.07, 6.45) is -4.20. The van der Waals surface area contributed by atoms with Crippen LogP contribution in [0.4, 0.5) is 24.9 Å². The van der Waals surface area contributed by atoms with Crippen molar-refractivity contribution in [2.24, 2.45) is 0 Å². The van der Waals surface area contributed by atoms with Crippen LogP contribution >= 0.6 is 11.6 Å². The maximum Gasteiger partial charge on any atom is 0.413 e. The summed E-state index contributed by atoms with van der Waals surface area (Å²) in [5.41, 5.74) is -1.90. The van der Waals surface area contributed by atoms with Crippen LogP contribution in [-0.4, -0.2) is 54.1 Å². The van der Waals surface area contributed by atoms with E-state index in [0.29, 0.717) is 43.6 Å². The number of rotatable bonds is 4. The van der Waals surface area contributed by atoms with Gasteiger partial charge in [-0.2, -0.15) is 18.2 Å². The van der Waals surface area contributed by atoms with Crippen LogP contribution in [0.3, 0.4) is 0 Å². The van der Waals surface area contributed by atoms with Crippen molar-refractivity contribution >= 4 is 23.4 Å². The minimum Gasteiger partial charge on any atom is -0.378 e. The smallest absolute Gasteiger partial charge is 0.378 e. The summed E-state index contributed by atoms with van der Waals surface area (Å²) in [6, 6.07) is 8.33. The molecule has 0 amide bonds. The van der Waals surface area contributed by atoms with Gasteiger partial charge in [-0.05, 0) is 31.0 Å². The summed E-state index contributed by atoms with van der Waals surface area (Å²) < 4.78 is 48.7. The molecule has 1 aromatic carbocycles. The van der Waals surface area contributed by atoms with Crippen LogP contribution in [0.25, 0.3) is 0 Å². The Morgan fingerprint density at radius 3 is 2.63 bits per heavy atom. The highest BCUT2D eigenvalue weighted by Gasteiger charge is 2.59. The second-order valence-corrected chi connectivity index (χ2v) is 8.18. The van der Waals surface area contributed by atoms with E-state index in [9.17, 15) is 18.0 Å². The number of ether oxygens (including phenoxy) is 1. The fourth-order valence-corrected chi connectivity index (χ4v) is 4.14. The van der Waals surface area contributed by atoms with Gasteiger partial charge in [-0.25, -0.2) is 0 Å². The Kier molecular flexibility index (Phi) is 5.44. The first-order valence-corrected chi connectivity index (χ1v) is 10.1. The molecular formula is C20H22ClF3N4O2. The number of nitrogens with zero attached hydrogens (tertiary/aromatic N) is 4. The topological polar surface area (TPSA) is 50.6 Å². The van der Waals surface area contributed by atoms with Gasteiger partial charge >= 0.3 is 6.18 Å². The largest absolute Gasteiger partial charge is 0.413 e. The van der Waals surface area contributed by atoms with Crippen LogP contribution in [0.2, 0.25) is 5.02 Å². The van der Waals surface area contributed by atoms with E-state index in [1.807, 2.05) is 11.0 Å². The van der Waals surface area contributed by atoms with Crippen molar-refractivity contribution in [2.75, 3.05) is 42.6 Å². The molecule has 1 aromatic heterocycles. The molecule has 1 saturated heterocycles. The van der Waals surface area contributed by atoms with Gasteiger partial charge in [0.05, 0.1) is 19.8 Å². The van der Waals surface area contributed by atoms with E-state index in [4.69, 9.17) is 16.3 Å². The average Bonchev–Trinajstić information content (AvgIpc) is 3.00. The summed E-state index contributed by atoms with van der Waals surface area (Å²) >= 11 is 6.01. The lowest BCUT2D eigenvalue weighted by molar-refractivity contribution is -0.182. The van der Waals surface area contributed by atoms with E-state index in [1.54, 1.807) is 18.2 Å². The summed E-state index contributed by atoms with van der Waals surface area (Å²) in [4.78, 5) is 20.3. The Morgan fingerprint density at radius 1 is 1.23 bits per heavy atom. The van der Waals surface area contributed by atoms with E-state index < -0.39 is 23.8 Å². The van der Waals surface area contributed by atoms with Crippen molar-refractivity contribution in [3.05, 3.63) is 51.3 Å². The van der Waals surface area contributed by atoms with Gasteiger partial charge in [-0.3, -0.25) is 9.36 Å². The van der Waals surface area contributed by atoms with Crippen molar-refractivity contribution in [3.63, 3.8) is 0 Å². The molecule has 0 saturated carbocycles. The molecule has 2 aromatic rings. The molecule has 1 unspecified atom stereocenters. The lowest BCUT2D eigenvalue weighted by Gasteiger charge is -2.37. The molecule has 2 aliphatic rings. The molecular weight excluding hydrogens is 421 g/mol. The minimum atomic E-state index is -4.54. The number of fused-ring (bicyclic) bond motifs is 1. The Morgan fingerprint density at radius 2 is 1.97 bits per heavy atom. The Bertz CT molecular complexity index is 991. The molecule has 0 spiro atoms. The number of benzene rings is 1. The number of hydrogen-bond acceptors (Lipinski definition) is 5. The second kappa shape index (κ2) is 7.77. The molecule has 10 heteroatoms. The highest BCUT2D eigenvalue weighted by molar-refractivity contribution is 6.30. The van der Waals surface area contributed by atoms with Crippen LogP contribution in [-0.2, 0) is 17.7 Å². The standard InChI is InChI=1S/C20H22ClF3N4O2/c1-19(20(22,23)24)13-27-17(29)12-16(26-7-9-30-10-8-26)25-18(27)28(19)6-5-14-3-2-4-15(21)11-14/h2-4,11-12H,5-10,13H2,1H3. The maximum atomic E-state index is 14.1. The van der Waals surface area contributed by atoms with E-state index in [-0.39, 0.29) is 12.5 Å². The zero-order valence-electron chi connectivity index (χ0n) is 16.5. The fraction of sp³-hybridized carbons (Fsp3) is 0.500. The molecule has 3 heterocycles. The molecule has 162 valence electrons. The van der Waals surface area contributed by atoms with E-state index in [0.717, 1.165) is 17.1 Å². The van der Waals surface area contributed by atoms with Gasteiger partial charge in [0, 0.05) is 30.7 Å². The number of anilines is 2. The number of alkyl halides is 3. The van der Waals surface area contributed by atoms with Crippen molar-refractivity contribution < 1.29 is 17.9 Å².